The van der Waals surface area contributed by atoms with Gasteiger partial charge in [0.25, 0.3) is 0 Å². The zero-order chi connectivity index (χ0) is 7.40. The van der Waals surface area contributed by atoms with Gasteiger partial charge in [-0.25, -0.2) is 0 Å². The van der Waals surface area contributed by atoms with Crippen molar-refractivity contribution in [3.8, 4) is 0 Å². The van der Waals surface area contributed by atoms with Crippen LogP contribution in [0, 0.1) is 0 Å². The van der Waals surface area contributed by atoms with Gasteiger partial charge in [-0.2, -0.15) is 0 Å². The average molecular weight is 145 g/mol. The van der Waals surface area contributed by atoms with Crippen LogP contribution in [0.15, 0.2) is 0 Å². The molecule has 0 aliphatic carbocycles. The first kappa shape index (κ1) is 7.98. The summed E-state index contributed by atoms with van der Waals surface area (Å²) in [5.74, 6) is 0. The molecule has 1 fully saturated rings. The van der Waals surface area contributed by atoms with E-state index in [1.807, 2.05) is 6.92 Å². The van der Waals surface area contributed by atoms with E-state index < -0.39 is 0 Å². The van der Waals surface area contributed by atoms with Gasteiger partial charge >= 0.3 is 0 Å². The molecule has 1 aliphatic rings. The lowest BCUT2D eigenvalue weighted by Gasteiger charge is -2.27. The second kappa shape index (κ2) is 3.91. The number of hydrogen-bond donors (Lipinski definition) is 2. The predicted molar refractivity (Wildman–Crippen MR) is 38.9 cm³/mol. The van der Waals surface area contributed by atoms with Gasteiger partial charge in [-0.3, -0.25) is 0 Å². The maximum Gasteiger partial charge on any atom is 0.0662 e. The summed E-state index contributed by atoms with van der Waals surface area (Å²) in [6.45, 7) is 4.28. The monoisotopic (exact) mass is 145 g/mol. The van der Waals surface area contributed by atoms with Crippen molar-refractivity contribution in [2.45, 2.75) is 25.5 Å². The van der Waals surface area contributed by atoms with Crippen LogP contribution in [-0.2, 0) is 4.74 Å². The Balaban J connectivity index is 1.93. The van der Waals surface area contributed by atoms with Crippen LogP contribution in [0.3, 0.4) is 0 Å². The second-order valence-corrected chi connectivity index (χ2v) is 2.70. The highest BCUT2D eigenvalue weighted by atomic mass is 16.5. The molecule has 10 heavy (non-hydrogen) atoms. The van der Waals surface area contributed by atoms with Crippen LogP contribution in [0.1, 0.15) is 13.3 Å². The lowest BCUT2D eigenvalue weighted by Crippen LogP contribution is -2.48. The normalized spacial score (nSPS) is 22.2. The summed E-state index contributed by atoms with van der Waals surface area (Å²) >= 11 is 0. The van der Waals surface area contributed by atoms with Crippen molar-refractivity contribution >= 4 is 0 Å². The van der Waals surface area contributed by atoms with Gasteiger partial charge in [-0.1, -0.05) is 6.92 Å². The van der Waals surface area contributed by atoms with E-state index in [-0.39, 0.29) is 6.10 Å². The van der Waals surface area contributed by atoms with Crippen LogP contribution < -0.4 is 5.32 Å². The van der Waals surface area contributed by atoms with Crippen molar-refractivity contribution in [1.82, 2.24) is 5.32 Å². The Kier molecular flexibility index (Phi) is 3.12. The van der Waals surface area contributed by atoms with Crippen LogP contribution >= 0.6 is 0 Å². The van der Waals surface area contributed by atoms with Gasteiger partial charge < -0.3 is 15.2 Å². The maximum atomic E-state index is 9.12. The van der Waals surface area contributed by atoms with Gasteiger partial charge in [0.15, 0.2) is 0 Å². The Morgan fingerprint density at radius 3 is 2.80 bits per heavy atom. The van der Waals surface area contributed by atoms with E-state index in [1.54, 1.807) is 0 Å². The molecule has 3 heteroatoms. The van der Waals surface area contributed by atoms with Crippen LogP contribution in [0.2, 0.25) is 0 Å². The van der Waals surface area contributed by atoms with Crippen molar-refractivity contribution in [2.24, 2.45) is 0 Å². The molecule has 0 saturated carbocycles. The van der Waals surface area contributed by atoms with Gasteiger partial charge in [-0.05, 0) is 6.42 Å². The second-order valence-electron chi connectivity index (χ2n) is 2.70. The van der Waals surface area contributed by atoms with Crippen LogP contribution in [0.4, 0.5) is 0 Å². The van der Waals surface area contributed by atoms with Gasteiger partial charge in [0, 0.05) is 6.54 Å². The van der Waals surface area contributed by atoms with E-state index in [1.165, 1.54) is 0 Å². The standard InChI is InChI=1S/C7H15NO2/c1-2-7(9)3-8-6-4-10-5-6/h6-9H,2-5H2,1H3. The molecule has 0 aromatic heterocycles. The van der Waals surface area contributed by atoms with Gasteiger partial charge in [0.2, 0.25) is 0 Å². The van der Waals surface area contributed by atoms with E-state index >= 15 is 0 Å². The number of ether oxygens (including phenoxy) is 1. The fourth-order valence-corrected chi connectivity index (χ4v) is 0.801. The SMILES string of the molecule is CCC(O)CNC1COC1. The van der Waals surface area contributed by atoms with Crippen molar-refractivity contribution in [2.75, 3.05) is 19.8 Å². The summed E-state index contributed by atoms with van der Waals surface area (Å²) < 4.78 is 4.96. The third-order valence-electron chi connectivity index (χ3n) is 1.75. The minimum atomic E-state index is -0.194. The molecule has 0 amide bonds. The lowest BCUT2D eigenvalue weighted by molar-refractivity contribution is -0.00981. The highest BCUT2D eigenvalue weighted by molar-refractivity contribution is 4.73. The Morgan fingerprint density at radius 1 is 1.70 bits per heavy atom. The highest BCUT2D eigenvalue weighted by Crippen LogP contribution is 1.99. The third kappa shape index (κ3) is 2.25. The Morgan fingerprint density at radius 2 is 2.40 bits per heavy atom. The minimum Gasteiger partial charge on any atom is -0.392 e. The van der Waals surface area contributed by atoms with Crippen LogP contribution in [-0.4, -0.2) is 37.0 Å². The van der Waals surface area contributed by atoms with Crippen LogP contribution in [0.25, 0.3) is 0 Å². The molecule has 2 N–H and O–H groups in total. The minimum absolute atomic E-state index is 0.194. The van der Waals surface area contributed by atoms with E-state index in [4.69, 9.17) is 9.84 Å². The number of aliphatic hydroxyl groups is 1. The van der Waals surface area contributed by atoms with Crippen molar-refractivity contribution in [3.05, 3.63) is 0 Å². The first-order chi connectivity index (χ1) is 4.83. The first-order valence-electron chi connectivity index (χ1n) is 3.82. The molecule has 1 aliphatic heterocycles. The average Bonchev–Trinajstić information content (AvgIpc) is 1.84. The molecular weight excluding hydrogens is 130 g/mol. The van der Waals surface area contributed by atoms with Crippen molar-refractivity contribution in [3.63, 3.8) is 0 Å². The smallest absolute Gasteiger partial charge is 0.0662 e. The quantitative estimate of drug-likeness (QED) is 0.573. The molecule has 1 unspecified atom stereocenters. The van der Waals surface area contributed by atoms with Gasteiger partial charge in [-0.15, -0.1) is 0 Å². The van der Waals surface area contributed by atoms with E-state index in [2.05, 4.69) is 5.32 Å². The number of rotatable bonds is 4. The molecule has 0 radical (unpaired) electrons. The molecule has 0 aromatic rings. The molecular formula is C7H15NO2. The first-order valence-corrected chi connectivity index (χ1v) is 3.82. The largest absolute Gasteiger partial charge is 0.392 e. The summed E-state index contributed by atoms with van der Waals surface area (Å²) in [7, 11) is 0. The third-order valence-corrected chi connectivity index (χ3v) is 1.75. The fraction of sp³-hybridized carbons (Fsp3) is 1.00. The maximum absolute atomic E-state index is 9.12. The molecule has 1 rings (SSSR count). The van der Waals surface area contributed by atoms with E-state index in [9.17, 15) is 0 Å². The topological polar surface area (TPSA) is 41.5 Å². The number of aliphatic hydroxyl groups excluding tert-OH is 1. The summed E-state index contributed by atoms with van der Waals surface area (Å²) in [5.41, 5.74) is 0. The summed E-state index contributed by atoms with van der Waals surface area (Å²) in [6, 6.07) is 0.487. The zero-order valence-corrected chi connectivity index (χ0v) is 6.34. The molecule has 0 bridgehead atoms. The summed E-state index contributed by atoms with van der Waals surface area (Å²) in [5, 5.41) is 12.3. The van der Waals surface area contributed by atoms with Crippen LogP contribution in [0.5, 0.6) is 0 Å². The Hall–Kier alpha value is -0.120. The Labute approximate surface area is 61.4 Å². The molecule has 1 heterocycles. The van der Waals surface area contributed by atoms with Gasteiger partial charge in [0.05, 0.1) is 25.4 Å². The summed E-state index contributed by atoms with van der Waals surface area (Å²) in [4.78, 5) is 0. The fourth-order valence-electron chi connectivity index (χ4n) is 0.801. The van der Waals surface area contributed by atoms with E-state index in [0.29, 0.717) is 12.6 Å². The number of nitrogens with one attached hydrogen (secondary N) is 1. The highest BCUT2D eigenvalue weighted by Gasteiger charge is 2.17. The molecule has 60 valence electrons. The predicted octanol–water partition coefficient (Wildman–Crippen LogP) is -0.254. The molecule has 3 nitrogen and oxygen atoms in total. The molecule has 1 atom stereocenters. The number of hydrogen-bond acceptors (Lipinski definition) is 3. The lowest BCUT2D eigenvalue weighted by atomic mass is 10.2. The summed E-state index contributed by atoms with van der Waals surface area (Å²) in [6.07, 6.45) is 0.626. The Bertz CT molecular complexity index is 88.9. The zero-order valence-electron chi connectivity index (χ0n) is 6.34. The van der Waals surface area contributed by atoms with Crippen molar-refractivity contribution < 1.29 is 9.84 Å². The van der Waals surface area contributed by atoms with E-state index in [0.717, 1.165) is 19.6 Å². The van der Waals surface area contributed by atoms with Crippen molar-refractivity contribution in [1.29, 1.82) is 0 Å². The molecule has 1 saturated heterocycles. The molecule has 0 spiro atoms. The molecule has 0 aromatic carbocycles. The van der Waals surface area contributed by atoms with Gasteiger partial charge in [0.1, 0.15) is 0 Å².